The minimum atomic E-state index is -4.20. The molecule has 1 aromatic carbocycles. The third kappa shape index (κ3) is 5.44. The van der Waals surface area contributed by atoms with Gasteiger partial charge in [-0.2, -0.15) is 4.31 Å². The number of carbonyl (C=O) groups is 2. The molecule has 0 radical (unpaired) electrons. The molecule has 1 atom stereocenters. The molecule has 41 heavy (non-hydrogen) atoms. The van der Waals surface area contributed by atoms with Gasteiger partial charge in [-0.15, -0.1) is 11.3 Å². The lowest BCUT2D eigenvalue weighted by Crippen LogP contribution is -2.58. The van der Waals surface area contributed by atoms with E-state index in [4.69, 9.17) is 16.3 Å². The topological polar surface area (TPSA) is 139 Å². The summed E-state index contributed by atoms with van der Waals surface area (Å²) in [5.41, 5.74) is 1.35. The number of likely N-dealkylation sites (N-methyl/N-ethyl adjacent to an activating group) is 1. The highest BCUT2D eigenvalue weighted by Crippen LogP contribution is 2.36. The van der Waals surface area contributed by atoms with Crippen molar-refractivity contribution in [3.63, 3.8) is 0 Å². The Morgan fingerprint density at radius 2 is 1.98 bits per heavy atom. The van der Waals surface area contributed by atoms with Crippen molar-refractivity contribution in [1.29, 1.82) is 0 Å². The summed E-state index contributed by atoms with van der Waals surface area (Å²) in [4.78, 5) is 41.0. The average molecular weight is 623 g/mol. The standard InChI is InChI=1S/C26H31ClN6O6S2/c1-30-5-4-20-21(15-30)40-24(28-20)26(36)33-7-6-32(14-17(33)13-22(34)31-8-10-39-11-9-31)41(37,38)25-23(35)18-12-16(27)2-3-19(18)29-25/h2-3,12,17,29,35H,4-11,13-15H2,1H3. The van der Waals surface area contributed by atoms with E-state index in [1.807, 2.05) is 7.05 Å². The van der Waals surface area contributed by atoms with Gasteiger partial charge in [-0.25, -0.2) is 13.4 Å². The Balaban J connectivity index is 1.28. The number of rotatable bonds is 5. The van der Waals surface area contributed by atoms with Crippen molar-refractivity contribution in [2.24, 2.45) is 0 Å². The van der Waals surface area contributed by atoms with Crippen LogP contribution in [0.15, 0.2) is 23.2 Å². The lowest BCUT2D eigenvalue weighted by Gasteiger charge is -2.41. The molecule has 1 unspecified atom stereocenters. The van der Waals surface area contributed by atoms with Gasteiger partial charge in [0.05, 0.1) is 30.5 Å². The van der Waals surface area contributed by atoms with Crippen LogP contribution in [-0.4, -0.2) is 120 Å². The van der Waals surface area contributed by atoms with Gasteiger partial charge in [0.15, 0.2) is 15.8 Å². The molecule has 2 N–H and O–H groups in total. The number of aromatic hydroxyl groups is 1. The fraction of sp³-hybridized carbons (Fsp3) is 0.500. The van der Waals surface area contributed by atoms with E-state index in [2.05, 4.69) is 14.9 Å². The van der Waals surface area contributed by atoms with E-state index in [0.717, 1.165) is 30.1 Å². The summed E-state index contributed by atoms with van der Waals surface area (Å²) in [6.45, 7) is 3.32. The van der Waals surface area contributed by atoms with E-state index in [1.54, 1.807) is 21.9 Å². The number of sulfonamides is 1. The number of halogens is 1. The van der Waals surface area contributed by atoms with Crippen LogP contribution >= 0.6 is 22.9 Å². The Labute approximate surface area is 246 Å². The predicted molar refractivity (Wildman–Crippen MR) is 153 cm³/mol. The van der Waals surface area contributed by atoms with Gasteiger partial charge in [0.25, 0.3) is 15.9 Å². The smallest absolute Gasteiger partial charge is 0.283 e. The summed E-state index contributed by atoms with van der Waals surface area (Å²) in [5, 5.41) is 11.5. The number of fused-ring (bicyclic) bond motifs is 2. The second-order valence-corrected chi connectivity index (χ2v) is 14.0. The van der Waals surface area contributed by atoms with Crippen molar-refractivity contribution in [2.45, 2.75) is 30.5 Å². The lowest BCUT2D eigenvalue weighted by atomic mass is 10.1. The minimum Gasteiger partial charge on any atom is -0.504 e. The highest BCUT2D eigenvalue weighted by Gasteiger charge is 2.41. The zero-order chi connectivity index (χ0) is 28.9. The molecule has 12 nitrogen and oxygen atoms in total. The molecule has 2 aromatic heterocycles. The number of H-pyrrole nitrogens is 1. The molecule has 3 aliphatic rings. The van der Waals surface area contributed by atoms with Crippen LogP contribution in [0.5, 0.6) is 5.75 Å². The lowest BCUT2D eigenvalue weighted by molar-refractivity contribution is -0.136. The molecule has 0 bridgehead atoms. The molecule has 3 aromatic rings. The first-order valence-corrected chi connectivity index (χ1v) is 16.1. The van der Waals surface area contributed by atoms with Gasteiger partial charge in [0, 0.05) is 73.9 Å². The fourth-order valence-electron chi connectivity index (χ4n) is 5.61. The van der Waals surface area contributed by atoms with Crippen LogP contribution in [0.3, 0.4) is 0 Å². The Morgan fingerprint density at radius 3 is 2.76 bits per heavy atom. The SMILES string of the molecule is CN1CCc2nc(C(=O)N3CCN(S(=O)(=O)c4[nH]c5ccc(Cl)cc5c4O)CC3CC(=O)N3CCOCC3)sc2C1. The van der Waals surface area contributed by atoms with Crippen LogP contribution < -0.4 is 0 Å². The summed E-state index contributed by atoms with van der Waals surface area (Å²) < 4.78 is 34.1. The first-order chi connectivity index (χ1) is 19.6. The van der Waals surface area contributed by atoms with Crippen molar-refractivity contribution in [2.75, 3.05) is 59.5 Å². The van der Waals surface area contributed by atoms with Crippen LogP contribution in [-0.2, 0) is 32.5 Å². The van der Waals surface area contributed by atoms with Gasteiger partial charge in [0.1, 0.15) is 0 Å². The first-order valence-electron chi connectivity index (χ1n) is 13.5. The number of aromatic amines is 1. The zero-order valence-corrected chi connectivity index (χ0v) is 24.9. The number of morpholine rings is 1. The summed E-state index contributed by atoms with van der Waals surface area (Å²) in [6, 6.07) is 3.98. The molecule has 2 saturated heterocycles. The fourth-order valence-corrected chi connectivity index (χ4v) is 8.47. The number of nitrogens with zero attached hydrogens (tertiary/aromatic N) is 5. The molecule has 0 spiro atoms. The van der Waals surface area contributed by atoms with E-state index in [1.165, 1.54) is 21.7 Å². The number of ether oxygens (including phenoxy) is 1. The number of nitrogens with one attached hydrogen (secondary N) is 1. The molecule has 3 aliphatic heterocycles. The maximum Gasteiger partial charge on any atom is 0.283 e. The average Bonchev–Trinajstić information content (AvgIpc) is 3.54. The molecule has 6 rings (SSSR count). The highest BCUT2D eigenvalue weighted by atomic mass is 35.5. The van der Waals surface area contributed by atoms with Crippen molar-refractivity contribution in [3.05, 3.63) is 38.8 Å². The molecular weight excluding hydrogens is 592 g/mol. The van der Waals surface area contributed by atoms with Gasteiger partial charge in [-0.05, 0) is 25.2 Å². The Kier molecular flexibility index (Phi) is 7.72. The van der Waals surface area contributed by atoms with Crippen molar-refractivity contribution in [3.8, 4) is 5.75 Å². The number of amides is 2. The molecule has 0 aliphatic carbocycles. The number of hydrogen-bond donors (Lipinski definition) is 2. The summed E-state index contributed by atoms with van der Waals surface area (Å²) >= 11 is 7.42. The number of carbonyl (C=O) groups excluding carboxylic acids is 2. The van der Waals surface area contributed by atoms with E-state index in [0.29, 0.717) is 47.2 Å². The normalized spacial score (nSPS) is 20.9. The third-order valence-corrected chi connectivity index (χ3v) is 11.0. The number of aromatic nitrogens is 2. The predicted octanol–water partition coefficient (Wildman–Crippen LogP) is 1.74. The highest BCUT2D eigenvalue weighted by molar-refractivity contribution is 7.89. The molecule has 2 fully saturated rings. The number of benzene rings is 1. The van der Waals surface area contributed by atoms with Crippen LogP contribution in [0, 0.1) is 0 Å². The van der Waals surface area contributed by atoms with E-state index >= 15 is 0 Å². The number of piperazine rings is 1. The quantitative estimate of drug-likeness (QED) is 0.439. The number of hydrogen-bond acceptors (Lipinski definition) is 9. The monoisotopic (exact) mass is 622 g/mol. The van der Waals surface area contributed by atoms with Crippen LogP contribution in [0.1, 0.15) is 26.8 Å². The largest absolute Gasteiger partial charge is 0.504 e. The Bertz CT molecular complexity index is 1600. The van der Waals surface area contributed by atoms with Crippen LogP contribution in [0.2, 0.25) is 5.02 Å². The molecule has 0 saturated carbocycles. The summed E-state index contributed by atoms with van der Waals surface area (Å²) in [7, 11) is -2.18. The Hall–Kier alpha value is -2.75. The van der Waals surface area contributed by atoms with Gasteiger partial charge in [-0.1, -0.05) is 11.6 Å². The van der Waals surface area contributed by atoms with Crippen LogP contribution in [0.25, 0.3) is 10.9 Å². The van der Waals surface area contributed by atoms with E-state index in [-0.39, 0.29) is 42.9 Å². The second kappa shape index (κ2) is 11.2. The molecule has 220 valence electrons. The van der Waals surface area contributed by atoms with Crippen molar-refractivity contribution in [1.82, 2.24) is 29.0 Å². The van der Waals surface area contributed by atoms with Gasteiger partial charge in [-0.3, -0.25) is 9.59 Å². The Morgan fingerprint density at radius 1 is 1.20 bits per heavy atom. The molecule has 5 heterocycles. The molecule has 2 amide bonds. The molecular formula is C26H31ClN6O6S2. The maximum atomic E-state index is 13.8. The zero-order valence-electron chi connectivity index (χ0n) is 22.5. The van der Waals surface area contributed by atoms with Gasteiger partial charge in [0.2, 0.25) is 5.91 Å². The maximum absolute atomic E-state index is 13.8. The third-order valence-electron chi connectivity index (χ3n) is 7.88. The van der Waals surface area contributed by atoms with Gasteiger partial charge >= 0.3 is 0 Å². The first kappa shape index (κ1) is 28.4. The van der Waals surface area contributed by atoms with E-state index < -0.39 is 21.8 Å². The van der Waals surface area contributed by atoms with Gasteiger partial charge < -0.3 is 29.5 Å². The molecule has 15 heteroatoms. The number of thiazole rings is 1. The van der Waals surface area contributed by atoms with E-state index in [9.17, 15) is 23.1 Å². The summed E-state index contributed by atoms with van der Waals surface area (Å²) in [6.07, 6.45) is 0.722. The second-order valence-electron chi connectivity index (χ2n) is 10.6. The minimum absolute atomic E-state index is 0.000291. The van der Waals surface area contributed by atoms with Crippen molar-refractivity contribution >= 4 is 55.7 Å². The summed E-state index contributed by atoms with van der Waals surface area (Å²) in [5.74, 6) is -0.884. The van der Waals surface area contributed by atoms with Crippen molar-refractivity contribution < 1.29 is 27.9 Å². The van der Waals surface area contributed by atoms with Crippen LogP contribution in [0.4, 0.5) is 0 Å².